The van der Waals surface area contributed by atoms with E-state index in [1.165, 1.54) is 12.1 Å². The molecule has 0 spiro atoms. The average Bonchev–Trinajstić information content (AvgIpc) is 2.31. The van der Waals surface area contributed by atoms with Crippen molar-refractivity contribution >= 4 is 21.6 Å². The van der Waals surface area contributed by atoms with E-state index in [1.54, 1.807) is 26.4 Å². The van der Waals surface area contributed by atoms with Crippen LogP contribution in [0, 0.1) is 10.1 Å². The van der Waals surface area contributed by atoms with E-state index in [1.807, 2.05) is 0 Å². The van der Waals surface area contributed by atoms with Crippen LogP contribution >= 0.6 is 15.9 Å². The van der Waals surface area contributed by atoms with Gasteiger partial charge >= 0.3 is 0 Å². The molecule has 17 heavy (non-hydrogen) atoms. The first-order valence-corrected chi connectivity index (χ1v) is 5.92. The normalized spacial score (nSPS) is 14.3. The molecule has 94 valence electrons. The number of ether oxygens (including phenoxy) is 2. The Morgan fingerprint density at radius 1 is 1.35 bits per heavy atom. The summed E-state index contributed by atoms with van der Waals surface area (Å²) in [4.78, 5) is 10.1. The third-order valence-electron chi connectivity index (χ3n) is 2.34. The van der Waals surface area contributed by atoms with Crippen LogP contribution in [0.15, 0.2) is 24.3 Å². The van der Waals surface area contributed by atoms with Crippen molar-refractivity contribution in [2.45, 2.75) is 10.9 Å². The van der Waals surface area contributed by atoms with Crippen LogP contribution in [-0.4, -0.2) is 30.6 Å². The molecule has 0 saturated heterocycles. The predicted octanol–water partition coefficient (Wildman–Crippen LogP) is 2.69. The Bertz CT molecular complexity index is 368. The second-order valence-electron chi connectivity index (χ2n) is 3.48. The molecule has 0 fully saturated rings. The molecular weight excluding hydrogens is 290 g/mol. The van der Waals surface area contributed by atoms with Gasteiger partial charge in [-0.1, -0.05) is 15.9 Å². The van der Waals surface area contributed by atoms with Gasteiger partial charge in [0, 0.05) is 26.4 Å². The van der Waals surface area contributed by atoms with Crippen LogP contribution in [0.3, 0.4) is 0 Å². The fourth-order valence-electron chi connectivity index (χ4n) is 1.52. The smallest absolute Gasteiger partial charge is 0.269 e. The van der Waals surface area contributed by atoms with Crippen molar-refractivity contribution in [2.24, 2.45) is 0 Å². The number of hydrogen-bond acceptors (Lipinski definition) is 4. The van der Waals surface area contributed by atoms with Gasteiger partial charge in [0.05, 0.1) is 22.5 Å². The Morgan fingerprint density at radius 2 is 1.94 bits per heavy atom. The quantitative estimate of drug-likeness (QED) is 0.460. The summed E-state index contributed by atoms with van der Waals surface area (Å²) >= 11 is 3.46. The van der Waals surface area contributed by atoms with Gasteiger partial charge < -0.3 is 9.47 Å². The molecule has 0 N–H and O–H groups in total. The summed E-state index contributed by atoms with van der Waals surface area (Å²) in [5.74, 6) is 0. The number of halogens is 1. The van der Waals surface area contributed by atoms with Gasteiger partial charge in [-0.05, 0) is 17.7 Å². The van der Waals surface area contributed by atoms with Gasteiger partial charge in [-0.15, -0.1) is 0 Å². The summed E-state index contributed by atoms with van der Waals surface area (Å²) < 4.78 is 10.4. The fraction of sp³-hybridized carbons (Fsp3) is 0.455. The van der Waals surface area contributed by atoms with Gasteiger partial charge in [-0.3, -0.25) is 10.1 Å². The maximum atomic E-state index is 10.5. The van der Waals surface area contributed by atoms with Crippen LogP contribution in [0.5, 0.6) is 0 Å². The first kappa shape index (κ1) is 14.1. The van der Waals surface area contributed by atoms with E-state index in [0.717, 1.165) is 5.56 Å². The number of methoxy groups -OCH3 is 2. The standard InChI is InChI=1S/C11H14BrNO4/c1-16-7-10(12)11(17-2)8-3-5-9(6-4-8)13(14)15/h3-6,10-11H,7H2,1-2H3. The third-order valence-corrected chi connectivity index (χ3v) is 3.09. The predicted molar refractivity (Wildman–Crippen MR) is 67.4 cm³/mol. The summed E-state index contributed by atoms with van der Waals surface area (Å²) in [7, 11) is 3.20. The number of nitrogens with zero attached hydrogens (tertiary/aromatic N) is 1. The molecule has 0 heterocycles. The molecule has 2 unspecified atom stereocenters. The largest absolute Gasteiger partial charge is 0.383 e. The van der Waals surface area contributed by atoms with E-state index < -0.39 is 4.92 Å². The highest BCUT2D eigenvalue weighted by Gasteiger charge is 2.21. The number of non-ortho nitro benzene ring substituents is 1. The molecule has 2 atom stereocenters. The van der Waals surface area contributed by atoms with Gasteiger partial charge in [-0.2, -0.15) is 0 Å². The highest BCUT2D eigenvalue weighted by atomic mass is 79.9. The minimum atomic E-state index is -0.424. The Kier molecular flexibility index (Phi) is 5.54. The zero-order valence-electron chi connectivity index (χ0n) is 9.63. The number of nitro benzene ring substituents is 1. The first-order valence-electron chi connectivity index (χ1n) is 5.00. The molecule has 1 aromatic rings. The van der Waals surface area contributed by atoms with E-state index in [2.05, 4.69) is 15.9 Å². The molecule has 0 saturated carbocycles. The molecule has 0 aliphatic carbocycles. The average molecular weight is 304 g/mol. The van der Waals surface area contributed by atoms with Crippen molar-refractivity contribution in [3.8, 4) is 0 Å². The van der Waals surface area contributed by atoms with Crippen molar-refractivity contribution in [3.05, 3.63) is 39.9 Å². The lowest BCUT2D eigenvalue weighted by Crippen LogP contribution is -2.19. The SMILES string of the molecule is COCC(Br)C(OC)c1ccc([N+](=O)[O-])cc1. The van der Waals surface area contributed by atoms with Gasteiger partial charge in [0.1, 0.15) is 0 Å². The van der Waals surface area contributed by atoms with E-state index in [9.17, 15) is 10.1 Å². The van der Waals surface area contributed by atoms with Crippen molar-refractivity contribution in [3.63, 3.8) is 0 Å². The molecule has 0 amide bonds. The molecule has 5 nitrogen and oxygen atoms in total. The maximum absolute atomic E-state index is 10.5. The number of hydrogen-bond donors (Lipinski definition) is 0. The fourth-order valence-corrected chi connectivity index (χ4v) is 2.31. The zero-order valence-corrected chi connectivity index (χ0v) is 11.2. The van der Waals surface area contributed by atoms with Crippen molar-refractivity contribution in [1.29, 1.82) is 0 Å². The zero-order chi connectivity index (χ0) is 12.8. The summed E-state index contributed by atoms with van der Waals surface area (Å²) in [5.41, 5.74) is 0.943. The van der Waals surface area contributed by atoms with E-state index >= 15 is 0 Å². The van der Waals surface area contributed by atoms with Crippen molar-refractivity contribution in [2.75, 3.05) is 20.8 Å². The molecule has 0 aliphatic heterocycles. The van der Waals surface area contributed by atoms with Crippen molar-refractivity contribution in [1.82, 2.24) is 0 Å². The topological polar surface area (TPSA) is 61.6 Å². The van der Waals surface area contributed by atoms with Crippen LogP contribution in [0.2, 0.25) is 0 Å². The minimum Gasteiger partial charge on any atom is -0.383 e. The second kappa shape index (κ2) is 6.68. The number of benzene rings is 1. The van der Waals surface area contributed by atoms with Gasteiger partial charge in [0.2, 0.25) is 0 Å². The van der Waals surface area contributed by atoms with E-state index in [4.69, 9.17) is 9.47 Å². The van der Waals surface area contributed by atoms with Crippen LogP contribution in [0.4, 0.5) is 5.69 Å². The monoisotopic (exact) mass is 303 g/mol. The minimum absolute atomic E-state index is 0.000967. The molecule has 0 radical (unpaired) electrons. The van der Waals surface area contributed by atoms with Crippen LogP contribution < -0.4 is 0 Å². The van der Waals surface area contributed by atoms with Crippen LogP contribution in [0.25, 0.3) is 0 Å². The summed E-state index contributed by atoms with van der Waals surface area (Å²) in [6, 6.07) is 6.31. The van der Waals surface area contributed by atoms with Crippen LogP contribution in [-0.2, 0) is 9.47 Å². The van der Waals surface area contributed by atoms with E-state index in [-0.39, 0.29) is 16.6 Å². The molecule has 6 heteroatoms. The molecule has 0 aliphatic rings. The van der Waals surface area contributed by atoms with Gasteiger partial charge in [-0.25, -0.2) is 0 Å². The number of alkyl halides is 1. The summed E-state index contributed by atoms with van der Waals surface area (Å²) in [6.45, 7) is 0.496. The number of rotatable bonds is 6. The summed E-state index contributed by atoms with van der Waals surface area (Å²) in [6.07, 6.45) is -0.198. The van der Waals surface area contributed by atoms with Gasteiger partial charge in [0.25, 0.3) is 5.69 Å². The Morgan fingerprint density at radius 3 is 2.35 bits per heavy atom. The molecular formula is C11H14BrNO4. The third kappa shape index (κ3) is 3.76. The Labute approximate surface area is 108 Å². The van der Waals surface area contributed by atoms with E-state index in [0.29, 0.717) is 6.61 Å². The molecule has 1 aromatic carbocycles. The molecule has 0 bridgehead atoms. The Hall–Kier alpha value is -0.980. The molecule has 1 rings (SSSR count). The van der Waals surface area contributed by atoms with Crippen molar-refractivity contribution < 1.29 is 14.4 Å². The maximum Gasteiger partial charge on any atom is 0.269 e. The highest BCUT2D eigenvalue weighted by molar-refractivity contribution is 9.09. The summed E-state index contributed by atoms with van der Waals surface area (Å²) in [5, 5.41) is 10.5. The second-order valence-corrected chi connectivity index (χ2v) is 4.65. The van der Waals surface area contributed by atoms with Gasteiger partial charge in [0.15, 0.2) is 0 Å². The highest BCUT2D eigenvalue weighted by Crippen LogP contribution is 2.27. The number of nitro groups is 1. The first-order chi connectivity index (χ1) is 8.10. The lowest BCUT2D eigenvalue weighted by molar-refractivity contribution is -0.384. The lowest BCUT2D eigenvalue weighted by Gasteiger charge is -2.20. The molecule has 0 aromatic heterocycles. The Balaban J connectivity index is 2.85. The lowest BCUT2D eigenvalue weighted by atomic mass is 10.1. The van der Waals surface area contributed by atoms with Crippen LogP contribution in [0.1, 0.15) is 11.7 Å².